The fourth-order valence-corrected chi connectivity index (χ4v) is 8.53. The highest BCUT2D eigenvalue weighted by molar-refractivity contribution is 6.74. The van der Waals surface area contributed by atoms with Gasteiger partial charge in [-0.25, -0.2) is 0 Å². The number of ether oxygens (including phenoxy) is 6. The SMILES string of the molecule is CC(C)(C)[Si](C)(C)O[C@H]1[C@H](OCc2ccccc2)[C@@H](OCc2ccccc2)[C@H](CCO)O[C@@H]1C[C@@H]1O[C@H](COCc2ccccc2)[C@@H](OCc2ccccc2)C=CC1=O. The Kier molecular flexibility index (Phi) is 16.4. The Labute approximate surface area is 351 Å². The van der Waals surface area contributed by atoms with E-state index in [9.17, 15) is 9.90 Å². The van der Waals surface area contributed by atoms with Crippen molar-refractivity contribution in [1.29, 1.82) is 0 Å². The van der Waals surface area contributed by atoms with Crippen LogP contribution in [0.25, 0.3) is 0 Å². The van der Waals surface area contributed by atoms with Crippen molar-refractivity contribution in [3.05, 3.63) is 156 Å². The molecule has 1 saturated heterocycles. The Balaban J connectivity index is 1.31. The first-order valence-corrected chi connectivity index (χ1v) is 23.8. The van der Waals surface area contributed by atoms with Crippen molar-refractivity contribution in [1.82, 2.24) is 0 Å². The molecule has 316 valence electrons. The Morgan fingerprint density at radius 1 is 0.610 bits per heavy atom. The molecule has 1 fully saturated rings. The van der Waals surface area contributed by atoms with Crippen LogP contribution in [0.3, 0.4) is 0 Å². The summed E-state index contributed by atoms with van der Waals surface area (Å²) in [6.45, 7) is 12.5. The lowest BCUT2D eigenvalue weighted by Crippen LogP contribution is -2.63. The van der Waals surface area contributed by atoms with Gasteiger partial charge in [0.15, 0.2) is 14.1 Å². The second-order valence-corrected chi connectivity index (χ2v) is 21.8. The maximum absolute atomic E-state index is 14.1. The number of benzene rings is 4. The number of ketones is 1. The molecule has 0 amide bonds. The van der Waals surface area contributed by atoms with E-state index in [1.807, 2.05) is 121 Å². The van der Waals surface area contributed by atoms with Gasteiger partial charge in [-0.1, -0.05) is 142 Å². The fraction of sp³-hybridized carbons (Fsp3) is 0.449. The van der Waals surface area contributed by atoms with Crippen LogP contribution < -0.4 is 0 Å². The highest BCUT2D eigenvalue weighted by atomic mass is 28.4. The molecule has 2 aliphatic heterocycles. The van der Waals surface area contributed by atoms with Crippen molar-refractivity contribution in [3.8, 4) is 0 Å². The van der Waals surface area contributed by atoms with E-state index in [-0.39, 0.29) is 30.5 Å². The van der Waals surface area contributed by atoms with Gasteiger partial charge in [0, 0.05) is 13.0 Å². The van der Waals surface area contributed by atoms with Gasteiger partial charge in [0.1, 0.15) is 36.6 Å². The average Bonchev–Trinajstić information content (AvgIpc) is 3.38. The zero-order valence-electron chi connectivity index (χ0n) is 35.2. The Hall–Kier alpha value is -3.81. The molecule has 0 spiro atoms. The lowest BCUT2D eigenvalue weighted by Gasteiger charge is -2.50. The standard InChI is InChI=1S/C49H62O9Si/c1-49(2,3)59(4,5)58-47-44(56-42(28-29-50)46(54-33-38-22-14-8-15-23-38)48(47)55-34-39-24-16-9-17-25-39)30-43-40(51)26-27-41(53-32-37-20-12-7-13-21-37)45(57-43)35-52-31-36-18-10-6-11-19-36/h6-27,41-48,50H,28-35H2,1-5H3/t41-,42-,43-,44+,45+,46-,47+,48+/m0/s1. The second-order valence-electron chi connectivity index (χ2n) is 17.0. The van der Waals surface area contributed by atoms with E-state index in [4.69, 9.17) is 32.8 Å². The highest BCUT2D eigenvalue weighted by Crippen LogP contribution is 2.42. The molecule has 0 radical (unpaired) electrons. The Morgan fingerprint density at radius 3 is 1.61 bits per heavy atom. The third-order valence-corrected chi connectivity index (χ3v) is 16.0. The molecular weight excluding hydrogens is 761 g/mol. The molecule has 9 nitrogen and oxygen atoms in total. The van der Waals surface area contributed by atoms with Crippen LogP contribution >= 0.6 is 0 Å². The number of hydrogen-bond acceptors (Lipinski definition) is 9. The summed E-state index contributed by atoms with van der Waals surface area (Å²) in [5.74, 6) is -0.193. The molecule has 59 heavy (non-hydrogen) atoms. The van der Waals surface area contributed by atoms with Gasteiger partial charge in [-0.15, -0.1) is 0 Å². The van der Waals surface area contributed by atoms with E-state index in [1.54, 1.807) is 12.2 Å². The highest BCUT2D eigenvalue weighted by Gasteiger charge is 2.52. The Bertz CT molecular complexity index is 1850. The summed E-state index contributed by atoms with van der Waals surface area (Å²) in [5, 5.41) is 10.3. The zero-order chi connectivity index (χ0) is 41.7. The van der Waals surface area contributed by atoms with Crippen molar-refractivity contribution in [2.24, 2.45) is 0 Å². The molecular formula is C49H62O9Si. The second kappa shape index (κ2) is 21.6. The molecule has 6 rings (SSSR count). The van der Waals surface area contributed by atoms with E-state index in [2.05, 4.69) is 33.9 Å². The van der Waals surface area contributed by atoms with Crippen LogP contribution in [0, 0.1) is 0 Å². The first kappa shape index (κ1) is 44.7. The molecule has 10 heteroatoms. The van der Waals surface area contributed by atoms with Crippen molar-refractivity contribution in [2.75, 3.05) is 13.2 Å². The van der Waals surface area contributed by atoms with E-state index < -0.39 is 57.1 Å². The number of rotatable bonds is 19. The molecule has 0 bridgehead atoms. The predicted molar refractivity (Wildman–Crippen MR) is 231 cm³/mol. The molecule has 1 N–H and O–H groups in total. The van der Waals surface area contributed by atoms with Crippen molar-refractivity contribution in [2.45, 2.75) is 127 Å². The smallest absolute Gasteiger partial charge is 0.192 e. The van der Waals surface area contributed by atoms with Crippen LogP contribution in [0.2, 0.25) is 18.1 Å². The van der Waals surface area contributed by atoms with E-state index in [0.717, 1.165) is 22.3 Å². The molecule has 8 atom stereocenters. The Morgan fingerprint density at radius 2 is 1.10 bits per heavy atom. The quantitative estimate of drug-likeness (QED) is 0.0931. The lowest BCUT2D eigenvalue weighted by atomic mass is 9.89. The van der Waals surface area contributed by atoms with Gasteiger partial charge in [-0.05, 0) is 59.0 Å². The molecule has 2 aliphatic rings. The molecule has 0 aliphatic carbocycles. The van der Waals surface area contributed by atoms with Crippen LogP contribution in [0.5, 0.6) is 0 Å². The van der Waals surface area contributed by atoms with E-state index >= 15 is 0 Å². The number of hydrogen-bond donors (Lipinski definition) is 1. The molecule has 0 unspecified atom stereocenters. The number of carbonyl (C=O) groups is 1. The summed E-state index contributed by atoms with van der Waals surface area (Å²) < 4.78 is 47.5. The maximum atomic E-state index is 14.1. The van der Waals surface area contributed by atoms with Gasteiger partial charge in [-0.3, -0.25) is 4.79 Å². The van der Waals surface area contributed by atoms with E-state index in [1.165, 1.54) is 0 Å². The third kappa shape index (κ3) is 12.8. The van der Waals surface area contributed by atoms with Gasteiger partial charge in [0.05, 0.1) is 45.2 Å². The summed E-state index contributed by atoms with van der Waals surface area (Å²) >= 11 is 0. The van der Waals surface area contributed by atoms with E-state index in [0.29, 0.717) is 32.8 Å². The predicted octanol–water partition coefficient (Wildman–Crippen LogP) is 8.78. The average molecular weight is 823 g/mol. The number of carbonyl (C=O) groups excluding carboxylic acids is 1. The number of aliphatic hydroxyl groups excluding tert-OH is 1. The van der Waals surface area contributed by atoms with Gasteiger partial charge < -0.3 is 38.0 Å². The third-order valence-electron chi connectivity index (χ3n) is 11.5. The summed E-state index contributed by atoms with van der Waals surface area (Å²) in [4.78, 5) is 14.1. The van der Waals surface area contributed by atoms with Crippen LogP contribution in [-0.4, -0.2) is 81.3 Å². The number of aliphatic hydroxyl groups is 1. The molecule has 4 aromatic rings. The molecule has 0 aromatic heterocycles. The zero-order valence-corrected chi connectivity index (χ0v) is 36.2. The van der Waals surface area contributed by atoms with Gasteiger partial charge in [-0.2, -0.15) is 0 Å². The van der Waals surface area contributed by atoms with Crippen molar-refractivity contribution < 1.29 is 42.7 Å². The van der Waals surface area contributed by atoms with Crippen LogP contribution in [0.4, 0.5) is 0 Å². The minimum atomic E-state index is -2.50. The van der Waals surface area contributed by atoms with Gasteiger partial charge in [0.25, 0.3) is 0 Å². The fourth-order valence-electron chi connectivity index (χ4n) is 7.21. The molecule has 0 saturated carbocycles. The topological polar surface area (TPSA) is 102 Å². The summed E-state index contributed by atoms with van der Waals surface area (Å²) in [7, 11) is -2.50. The van der Waals surface area contributed by atoms with Gasteiger partial charge >= 0.3 is 0 Å². The van der Waals surface area contributed by atoms with Crippen LogP contribution in [0.1, 0.15) is 55.9 Å². The van der Waals surface area contributed by atoms with Crippen molar-refractivity contribution in [3.63, 3.8) is 0 Å². The normalized spacial score (nSPS) is 25.2. The first-order chi connectivity index (χ1) is 28.5. The maximum Gasteiger partial charge on any atom is 0.192 e. The lowest BCUT2D eigenvalue weighted by molar-refractivity contribution is -0.256. The van der Waals surface area contributed by atoms with Crippen LogP contribution in [-0.2, 0) is 64.1 Å². The molecule has 2 heterocycles. The monoisotopic (exact) mass is 822 g/mol. The van der Waals surface area contributed by atoms with Crippen LogP contribution in [0.15, 0.2) is 133 Å². The largest absolute Gasteiger partial charge is 0.409 e. The summed E-state index contributed by atoms with van der Waals surface area (Å²) in [6.07, 6.45) is -1.22. The van der Waals surface area contributed by atoms with Gasteiger partial charge in [0.2, 0.25) is 0 Å². The first-order valence-electron chi connectivity index (χ1n) is 20.9. The minimum Gasteiger partial charge on any atom is -0.409 e. The van der Waals surface area contributed by atoms with Crippen molar-refractivity contribution >= 4 is 14.1 Å². The molecule has 4 aromatic carbocycles. The summed E-state index contributed by atoms with van der Waals surface area (Å²) in [6, 6.07) is 39.9. The summed E-state index contributed by atoms with van der Waals surface area (Å²) in [5.41, 5.74) is 4.07. The minimum absolute atomic E-state index is 0.120.